The number of alkyl halides is 3. The fourth-order valence-electron chi connectivity index (χ4n) is 5.25. The average Bonchev–Trinajstić information content (AvgIpc) is 3.25. The van der Waals surface area contributed by atoms with Crippen molar-refractivity contribution in [2.24, 2.45) is 0 Å². The summed E-state index contributed by atoms with van der Waals surface area (Å²) in [6, 6.07) is 5.21. The molecule has 0 aliphatic carbocycles. The lowest BCUT2D eigenvalue weighted by atomic mass is 9.95. The highest BCUT2D eigenvalue weighted by Crippen LogP contribution is 2.40. The summed E-state index contributed by atoms with van der Waals surface area (Å²) in [6.07, 6.45) is -3.73. The van der Waals surface area contributed by atoms with Crippen LogP contribution in [0.15, 0.2) is 30.6 Å². The second kappa shape index (κ2) is 10.0. The Bertz CT molecular complexity index is 1540. The lowest BCUT2D eigenvalue weighted by molar-refractivity contribution is -0.145. The highest BCUT2D eigenvalue weighted by molar-refractivity contribution is 6.09. The van der Waals surface area contributed by atoms with Gasteiger partial charge < -0.3 is 25.5 Å². The summed E-state index contributed by atoms with van der Waals surface area (Å²) in [6.45, 7) is 7.79. The number of halogens is 3. The van der Waals surface area contributed by atoms with Crippen LogP contribution in [0.2, 0.25) is 0 Å². The Morgan fingerprint density at radius 3 is 2.41 bits per heavy atom. The number of aromatic nitrogens is 3. The van der Waals surface area contributed by atoms with Gasteiger partial charge in [0.2, 0.25) is 5.91 Å². The normalized spacial score (nSPS) is 15.9. The second-order valence-electron chi connectivity index (χ2n) is 11.2. The molecule has 0 radical (unpaired) electrons. The van der Waals surface area contributed by atoms with Gasteiger partial charge in [0.05, 0.1) is 28.1 Å². The topological polar surface area (TPSA) is 137 Å². The number of nitrogens with zero attached hydrogens (tertiary/aromatic N) is 6. The Morgan fingerprint density at radius 1 is 1.17 bits per heavy atom. The SMILES string of the molecule is CC(=O)N1CCN(c2cc(-c3cc(C(F)(F)F)c4c(N)ncnn34)ccc2C(=O)N(C)CC(C)(C)O)C(=O)C1(C)C. The summed E-state index contributed by atoms with van der Waals surface area (Å²) in [5, 5.41) is 14.3. The summed E-state index contributed by atoms with van der Waals surface area (Å²) < 4.78 is 42.9. The number of carbonyl (C=O) groups excluding carboxylic acids is 3. The van der Waals surface area contributed by atoms with Crippen molar-refractivity contribution in [2.75, 3.05) is 37.3 Å². The molecule has 3 N–H and O–H groups in total. The van der Waals surface area contributed by atoms with Crippen molar-refractivity contribution >= 4 is 34.7 Å². The monoisotopic (exact) mass is 575 g/mol. The van der Waals surface area contributed by atoms with Crippen LogP contribution in [0.1, 0.15) is 50.5 Å². The van der Waals surface area contributed by atoms with Gasteiger partial charge in [0.15, 0.2) is 5.82 Å². The zero-order valence-corrected chi connectivity index (χ0v) is 23.6. The number of likely N-dealkylation sites (N-methyl/N-ethyl adjacent to an activating group) is 1. The minimum Gasteiger partial charge on any atom is -0.389 e. The summed E-state index contributed by atoms with van der Waals surface area (Å²) in [4.78, 5) is 47.3. The van der Waals surface area contributed by atoms with Crippen molar-refractivity contribution in [1.29, 1.82) is 0 Å². The van der Waals surface area contributed by atoms with Gasteiger partial charge in [0.25, 0.3) is 11.8 Å². The molecule has 3 amide bonds. The predicted molar refractivity (Wildman–Crippen MR) is 145 cm³/mol. The van der Waals surface area contributed by atoms with E-state index in [1.54, 1.807) is 13.8 Å². The Morgan fingerprint density at radius 2 is 1.83 bits per heavy atom. The van der Waals surface area contributed by atoms with Crippen molar-refractivity contribution in [3.63, 3.8) is 0 Å². The minimum atomic E-state index is -4.76. The fourth-order valence-corrected chi connectivity index (χ4v) is 5.25. The van der Waals surface area contributed by atoms with E-state index in [1.165, 1.54) is 60.7 Å². The third-order valence-electron chi connectivity index (χ3n) is 7.04. The largest absolute Gasteiger partial charge is 0.418 e. The van der Waals surface area contributed by atoms with Gasteiger partial charge in [-0.3, -0.25) is 14.4 Å². The fraction of sp³-hybridized carbons (Fsp3) is 0.444. The number of nitrogens with two attached hydrogens (primary N) is 1. The van der Waals surface area contributed by atoms with Crippen LogP contribution in [0.5, 0.6) is 0 Å². The van der Waals surface area contributed by atoms with Gasteiger partial charge in [0, 0.05) is 39.2 Å². The van der Waals surface area contributed by atoms with E-state index < -0.39 is 40.2 Å². The molecular formula is C27H32F3N7O4. The first-order chi connectivity index (χ1) is 18.8. The maximum atomic E-state index is 13.9. The number of carbonyl (C=O) groups is 3. The molecule has 1 saturated heterocycles. The van der Waals surface area contributed by atoms with Gasteiger partial charge in [-0.25, -0.2) is 9.50 Å². The third kappa shape index (κ3) is 5.43. The number of amides is 3. The number of rotatable bonds is 5. The Kier molecular flexibility index (Phi) is 7.27. The number of nitrogen functional groups attached to an aromatic ring is 1. The molecule has 1 fully saturated rings. The smallest absolute Gasteiger partial charge is 0.389 e. The number of piperazine rings is 1. The maximum absolute atomic E-state index is 13.9. The zero-order chi connectivity index (χ0) is 30.7. The molecule has 0 bridgehead atoms. The molecule has 1 aliphatic rings. The van der Waals surface area contributed by atoms with E-state index in [0.717, 1.165) is 16.9 Å². The van der Waals surface area contributed by atoms with Crippen LogP contribution in [0.3, 0.4) is 0 Å². The molecule has 2 aromatic heterocycles. The van der Waals surface area contributed by atoms with Crippen LogP contribution in [0.25, 0.3) is 16.8 Å². The number of fused-ring (bicyclic) bond motifs is 1. The van der Waals surface area contributed by atoms with Crippen molar-refractivity contribution in [3.8, 4) is 11.3 Å². The van der Waals surface area contributed by atoms with E-state index in [-0.39, 0.29) is 53.9 Å². The van der Waals surface area contributed by atoms with Crippen LogP contribution >= 0.6 is 0 Å². The molecule has 1 aromatic carbocycles. The summed E-state index contributed by atoms with van der Waals surface area (Å²) >= 11 is 0. The third-order valence-corrected chi connectivity index (χ3v) is 7.04. The number of hydrogen-bond donors (Lipinski definition) is 2. The highest BCUT2D eigenvalue weighted by atomic mass is 19.4. The highest BCUT2D eigenvalue weighted by Gasteiger charge is 2.45. The van der Waals surface area contributed by atoms with Gasteiger partial charge in [-0.15, -0.1) is 0 Å². The van der Waals surface area contributed by atoms with Crippen LogP contribution in [0.4, 0.5) is 24.7 Å². The average molecular weight is 576 g/mol. The Hall–Kier alpha value is -4.20. The first-order valence-electron chi connectivity index (χ1n) is 12.8. The molecule has 0 saturated carbocycles. The summed E-state index contributed by atoms with van der Waals surface area (Å²) in [7, 11) is 1.49. The molecule has 11 nitrogen and oxygen atoms in total. The molecule has 41 heavy (non-hydrogen) atoms. The molecule has 1 aliphatic heterocycles. The maximum Gasteiger partial charge on any atom is 0.418 e. The van der Waals surface area contributed by atoms with Gasteiger partial charge in [-0.1, -0.05) is 6.07 Å². The molecule has 0 unspecified atom stereocenters. The molecule has 3 heterocycles. The number of anilines is 2. The minimum absolute atomic E-state index is 0.0144. The molecule has 3 aromatic rings. The number of benzene rings is 1. The van der Waals surface area contributed by atoms with E-state index in [9.17, 15) is 32.7 Å². The number of aliphatic hydroxyl groups is 1. The second-order valence-corrected chi connectivity index (χ2v) is 11.2. The standard InChI is InChI=1S/C27H32F3N7O4/c1-15(38)36-10-9-35(24(40)26(36,4)5)20-11-16(7-8-17(20)23(39)34(6)13-25(2,3)41)19-12-18(27(28,29)30)21-22(31)32-14-33-37(19)21/h7-8,11-12,14,41H,9-10,13H2,1-6H3,(H2,31,32,33). The molecule has 4 rings (SSSR count). The molecular weight excluding hydrogens is 543 g/mol. The van der Waals surface area contributed by atoms with Crippen molar-refractivity contribution < 1.29 is 32.7 Å². The van der Waals surface area contributed by atoms with Crippen molar-refractivity contribution in [1.82, 2.24) is 24.4 Å². The van der Waals surface area contributed by atoms with Crippen molar-refractivity contribution in [2.45, 2.75) is 51.9 Å². The van der Waals surface area contributed by atoms with E-state index in [0.29, 0.717) is 0 Å². The van der Waals surface area contributed by atoms with Gasteiger partial charge in [-0.2, -0.15) is 18.3 Å². The van der Waals surface area contributed by atoms with Crippen molar-refractivity contribution in [3.05, 3.63) is 41.7 Å². The van der Waals surface area contributed by atoms with E-state index in [1.807, 2.05) is 0 Å². The van der Waals surface area contributed by atoms with Gasteiger partial charge in [0.1, 0.15) is 17.4 Å². The van der Waals surface area contributed by atoms with Crippen LogP contribution < -0.4 is 10.6 Å². The Labute approximate surface area is 234 Å². The summed E-state index contributed by atoms with van der Waals surface area (Å²) in [5.74, 6) is -1.65. The quantitative estimate of drug-likeness (QED) is 0.477. The zero-order valence-electron chi connectivity index (χ0n) is 23.6. The lowest BCUT2D eigenvalue weighted by Crippen LogP contribution is -2.64. The van der Waals surface area contributed by atoms with Crippen LogP contribution in [0, 0.1) is 0 Å². The number of hydrogen-bond acceptors (Lipinski definition) is 7. The van der Waals surface area contributed by atoms with E-state index in [2.05, 4.69) is 10.1 Å². The van der Waals surface area contributed by atoms with E-state index in [4.69, 9.17) is 5.73 Å². The lowest BCUT2D eigenvalue weighted by Gasteiger charge is -2.46. The summed E-state index contributed by atoms with van der Waals surface area (Å²) in [5.41, 5.74) is 2.34. The van der Waals surface area contributed by atoms with E-state index >= 15 is 0 Å². The molecule has 0 spiro atoms. The molecule has 0 atom stereocenters. The predicted octanol–water partition coefficient (Wildman–Crippen LogP) is 2.81. The van der Waals surface area contributed by atoms with Crippen LogP contribution in [-0.2, 0) is 15.8 Å². The Balaban J connectivity index is 1.93. The first-order valence-corrected chi connectivity index (χ1v) is 12.8. The first kappa shape index (κ1) is 29.8. The molecule has 14 heteroatoms. The van der Waals surface area contributed by atoms with Gasteiger partial charge in [-0.05, 0) is 45.9 Å². The van der Waals surface area contributed by atoms with Crippen LogP contribution in [-0.4, -0.2) is 85.0 Å². The molecule has 220 valence electrons. The van der Waals surface area contributed by atoms with Gasteiger partial charge >= 0.3 is 6.18 Å².